The Bertz CT molecular complexity index is 853. The normalized spacial score (nSPS) is 12.4. The fourth-order valence-electron chi connectivity index (χ4n) is 2.01. The van der Waals surface area contributed by atoms with Crippen LogP contribution in [0.25, 0.3) is 0 Å². The zero-order valence-electron chi connectivity index (χ0n) is 12.1. The summed E-state index contributed by atoms with van der Waals surface area (Å²) < 4.78 is 10.4. The van der Waals surface area contributed by atoms with Crippen molar-refractivity contribution in [3.8, 4) is 11.5 Å². The van der Waals surface area contributed by atoms with Gasteiger partial charge in [0.15, 0.2) is 11.5 Å². The van der Waals surface area contributed by atoms with Crippen molar-refractivity contribution in [1.29, 1.82) is 0 Å². The topological polar surface area (TPSA) is 103 Å². The smallest absolute Gasteiger partial charge is 0.271 e. The number of carbonyl (C=O) groups is 1. The standard InChI is InChI=1S/C15H10ClN3O5/c16-12-3-2-11(19(21)22)5-10(12)7-17-18-15(20)9-1-4-13-14(6-9)24-8-23-13/h1-7H,8H2,(H,18,20). The third-order valence-corrected chi connectivity index (χ3v) is 3.54. The molecule has 0 fully saturated rings. The Morgan fingerprint density at radius 2 is 2.04 bits per heavy atom. The molecule has 0 bridgehead atoms. The van der Waals surface area contributed by atoms with Crippen LogP contribution in [0, 0.1) is 10.1 Å². The van der Waals surface area contributed by atoms with Gasteiger partial charge in [0.05, 0.1) is 11.1 Å². The monoisotopic (exact) mass is 347 g/mol. The van der Waals surface area contributed by atoms with Gasteiger partial charge in [0.25, 0.3) is 11.6 Å². The molecule has 0 aromatic heterocycles. The molecular weight excluding hydrogens is 338 g/mol. The molecule has 1 N–H and O–H groups in total. The van der Waals surface area contributed by atoms with Gasteiger partial charge >= 0.3 is 0 Å². The molecule has 8 nitrogen and oxygen atoms in total. The van der Waals surface area contributed by atoms with Crippen LogP contribution in [-0.2, 0) is 0 Å². The predicted octanol–water partition coefficient (Wildman–Crippen LogP) is 2.74. The lowest BCUT2D eigenvalue weighted by molar-refractivity contribution is -0.384. The van der Waals surface area contributed by atoms with Gasteiger partial charge in [-0.25, -0.2) is 5.43 Å². The molecule has 1 heterocycles. The minimum Gasteiger partial charge on any atom is -0.454 e. The first-order valence-corrected chi connectivity index (χ1v) is 7.09. The first-order chi connectivity index (χ1) is 11.5. The first kappa shape index (κ1) is 15.8. The molecule has 2 aromatic rings. The fraction of sp³-hybridized carbons (Fsp3) is 0.0667. The molecule has 24 heavy (non-hydrogen) atoms. The van der Waals surface area contributed by atoms with Crippen molar-refractivity contribution in [2.24, 2.45) is 5.10 Å². The van der Waals surface area contributed by atoms with Crippen molar-refractivity contribution >= 4 is 29.4 Å². The molecule has 0 atom stereocenters. The van der Waals surface area contributed by atoms with Crippen LogP contribution >= 0.6 is 11.6 Å². The Labute approximate surface area is 140 Å². The van der Waals surface area contributed by atoms with Gasteiger partial charge in [0.2, 0.25) is 6.79 Å². The average Bonchev–Trinajstić information content (AvgIpc) is 3.03. The minimum atomic E-state index is -0.543. The third-order valence-electron chi connectivity index (χ3n) is 3.19. The zero-order valence-corrected chi connectivity index (χ0v) is 12.8. The Morgan fingerprint density at radius 1 is 1.25 bits per heavy atom. The zero-order chi connectivity index (χ0) is 17.1. The number of nitro benzene ring substituents is 1. The van der Waals surface area contributed by atoms with Gasteiger partial charge < -0.3 is 9.47 Å². The molecular formula is C15H10ClN3O5. The Kier molecular flexibility index (Phi) is 4.30. The van der Waals surface area contributed by atoms with Crippen LogP contribution in [0.4, 0.5) is 5.69 Å². The summed E-state index contributed by atoms with van der Waals surface area (Å²) in [5.74, 6) is 0.581. The van der Waals surface area contributed by atoms with E-state index in [9.17, 15) is 14.9 Å². The van der Waals surface area contributed by atoms with E-state index < -0.39 is 10.8 Å². The van der Waals surface area contributed by atoms with Crippen molar-refractivity contribution in [3.05, 3.63) is 62.7 Å². The number of fused-ring (bicyclic) bond motifs is 1. The molecule has 0 saturated carbocycles. The Morgan fingerprint density at radius 3 is 2.83 bits per heavy atom. The lowest BCUT2D eigenvalue weighted by Gasteiger charge is -2.02. The SMILES string of the molecule is O=C(NN=Cc1cc([N+](=O)[O-])ccc1Cl)c1ccc2c(c1)OCO2. The summed E-state index contributed by atoms with van der Waals surface area (Å²) in [6.45, 7) is 0.115. The number of nitrogens with zero attached hydrogens (tertiary/aromatic N) is 2. The summed E-state index contributed by atoms with van der Waals surface area (Å²) in [4.78, 5) is 22.2. The van der Waals surface area contributed by atoms with E-state index in [-0.39, 0.29) is 17.5 Å². The summed E-state index contributed by atoms with van der Waals surface area (Å²) >= 11 is 5.94. The van der Waals surface area contributed by atoms with E-state index in [1.165, 1.54) is 30.5 Å². The number of carbonyl (C=O) groups excluding carboxylic acids is 1. The van der Waals surface area contributed by atoms with Gasteiger partial charge in [0.1, 0.15) is 0 Å². The number of nitrogens with one attached hydrogen (secondary N) is 1. The van der Waals surface area contributed by atoms with Crippen molar-refractivity contribution in [2.75, 3.05) is 6.79 Å². The van der Waals surface area contributed by atoms with E-state index in [0.29, 0.717) is 22.6 Å². The van der Waals surface area contributed by atoms with Crippen molar-refractivity contribution in [3.63, 3.8) is 0 Å². The first-order valence-electron chi connectivity index (χ1n) is 6.71. The number of halogens is 1. The summed E-state index contributed by atoms with van der Waals surface area (Å²) in [5.41, 5.74) is 2.85. The van der Waals surface area contributed by atoms with Crippen molar-refractivity contribution in [1.82, 2.24) is 5.43 Å². The van der Waals surface area contributed by atoms with Gasteiger partial charge in [-0.15, -0.1) is 0 Å². The van der Waals surface area contributed by atoms with Crippen LogP contribution < -0.4 is 14.9 Å². The molecule has 3 rings (SSSR count). The molecule has 122 valence electrons. The average molecular weight is 348 g/mol. The second-order valence-electron chi connectivity index (χ2n) is 4.73. The molecule has 2 aromatic carbocycles. The van der Waals surface area contributed by atoms with E-state index in [2.05, 4.69) is 10.5 Å². The maximum absolute atomic E-state index is 12.0. The number of benzene rings is 2. The summed E-state index contributed by atoms with van der Waals surface area (Å²) in [7, 11) is 0. The maximum Gasteiger partial charge on any atom is 0.271 e. The lowest BCUT2D eigenvalue weighted by atomic mass is 10.2. The van der Waals surface area contributed by atoms with E-state index in [1.807, 2.05) is 0 Å². The molecule has 1 aliphatic rings. The molecule has 0 aliphatic carbocycles. The van der Waals surface area contributed by atoms with Crippen LogP contribution in [0.1, 0.15) is 15.9 Å². The summed E-state index contributed by atoms with van der Waals surface area (Å²) in [6.07, 6.45) is 1.24. The van der Waals surface area contributed by atoms with Crippen LogP contribution in [-0.4, -0.2) is 23.8 Å². The van der Waals surface area contributed by atoms with E-state index >= 15 is 0 Å². The Hall–Kier alpha value is -3.13. The highest BCUT2D eigenvalue weighted by Crippen LogP contribution is 2.32. The van der Waals surface area contributed by atoms with Gasteiger partial charge in [0, 0.05) is 28.3 Å². The second-order valence-corrected chi connectivity index (χ2v) is 5.14. The highest BCUT2D eigenvalue weighted by atomic mass is 35.5. The Balaban J connectivity index is 1.71. The number of amides is 1. The number of rotatable bonds is 4. The van der Waals surface area contributed by atoms with Crippen molar-refractivity contribution < 1.29 is 19.2 Å². The van der Waals surface area contributed by atoms with E-state index in [4.69, 9.17) is 21.1 Å². The largest absolute Gasteiger partial charge is 0.454 e. The number of non-ortho nitro benzene ring substituents is 1. The molecule has 1 aliphatic heterocycles. The van der Waals surface area contributed by atoms with Crippen molar-refractivity contribution in [2.45, 2.75) is 0 Å². The number of nitro groups is 1. The summed E-state index contributed by atoms with van der Waals surface area (Å²) in [6, 6.07) is 8.66. The quantitative estimate of drug-likeness (QED) is 0.520. The van der Waals surface area contributed by atoms with E-state index in [1.54, 1.807) is 12.1 Å². The van der Waals surface area contributed by atoms with Gasteiger partial charge in [-0.05, 0) is 24.3 Å². The minimum absolute atomic E-state index is 0.115. The highest BCUT2D eigenvalue weighted by Gasteiger charge is 2.16. The highest BCUT2D eigenvalue weighted by molar-refractivity contribution is 6.33. The number of ether oxygens (including phenoxy) is 2. The number of hydrogen-bond acceptors (Lipinski definition) is 6. The summed E-state index contributed by atoms with van der Waals surface area (Å²) in [5, 5.41) is 14.8. The van der Waals surface area contributed by atoms with Crippen LogP contribution in [0.5, 0.6) is 11.5 Å². The number of hydrazone groups is 1. The van der Waals surface area contributed by atoms with Gasteiger partial charge in [-0.3, -0.25) is 14.9 Å². The predicted molar refractivity (Wildman–Crippen MR) is 85.7 cm³/mol. The van der Waals surface area contributed by atoms with E-state index in [0.717, 1.165) is 0 Å². The second kappa shape index (κ2) is 6.55. The van der Waals surface area contributed by atoms with Gasteiger partial charge in [-0.2, -0.15) is 5.10 Å². The number of hydrogen-bond donors (Lipinski definition) is 1. The molecule has 0 saturated heterocycles. The van der Waals surface area contributed by atoms with Crippen LogP contribution in [0.15, 0.2) is 41.5 Å². The molecule has 0 spiro atoms. The molecule has 0 unspecified atom stereocenters. The van der Waals surface area contributed by atoms with Crippen LogP contribution in [0.2, 0.25) is 5.02 Å². The lowest BCUT2D eigenvalue weighted by Crippen LogP contribution is -2.17. The molecule has 0 radical (unpaired) electrons. The van der Waals surface area contributed by atoms with Crippen LogP contribution in [0.3, 0.4) is 0 Å². The molecule has 1 amide bonds. The third kappa shape index (κ3) is 3.28. The maximum atomic E-state index is 12.0. The molecule has 9 heteroatoms. The fourth-order valence-corrected chi connectivity index (χ4v) is 2.17. The van der Waals surface area contributed by atoms with Gasteiger partial charge in [-0.1, -0.05) is 11.6 Å².